The van der Waals surface area contributed by atoms with Crippen molar-refractivity contribution in [3.05, 3.63) is 65.2 Å². The summed E-state index contributed by atoms with van der Waals surface area (Å²) in [5, 5.41) is 11.3. The van der Waals surface area contributed by atoms with E-state index in [2.05, 4.69) is 0 Å². The minimum Gasteiger partial charge on any atom is -0.507 e. The van der Waals surface area contributed by atoms with E-state index in [0.29, 0.717) is 23.7 Å². The van der Waals surface area contributed by atoms with Crippen molar-refractivity contribution in [2.24, 2.45) is 0 Å². The van der Waals surface area contributed by atoms with Crippen molar-refractivity contribution in [3.63, 3.8) is 0 Å². The second kappa shape index (κ2) is 10.3. The maximum absolute atomic E-state index is 13.3. The second-order valence-corrected chi connectivity index (χ2v) is 9.26. The van der Waals surface area contributed by atoms with Crippen LogP contribution in [0.1, 0.15) is 70.0 Å². The molecule has 1 saturated carbocycles. The second-order valence-electron chi connectivity index (χ2n) is 9.26. The number of ether oxygens (including phenoxy) is 2. The van der Waals surface area contributed by atoms with E-state index in [1.54, 1.807) is 29.2 Å². The van der Waals surface area contributed by atoms with Crippen molar-refractivity contribution in [1.82, 2.24) is 4.90 Å². The highest BCUT2D eigenvalue weighted by atomic mass is 16.5. The number of benzene rings is 2. The fraction of sp³-hybridized carbons (Fsp3) is 0.429. The van der Waals surface area contributed by atoms with Crippen LogP contribution in [0.5, 0.6) is 11.5 Å². The lowest BCUT2D eigenvalue weighted by molar-refractivity contribution is -0.141. The zero-order chi connectivity index (χ0) is 24.2. The quantitative estimate of drug-likeness (QED) is 0.312. The molecule has 1 saturated heterocycles. The van der Waals surface area contributed by atoms with E-state index < -0.39 is 17.7 Å². The molecule has 2 fully saturated rings. The van der Waals surface area contributed by atoms with Crippen molar-refractivity contribution >= 4 is 17.4 Å². The van der Waals surface area contributed by atoms with Gasteiger partial charge < -0.3 is 19.5 Å². The first-order valence-corrected chi connectivity index (χ1v) is 12.2. The van der Waals surface area contributed by atoms with E-state index in [4.69, 9.17) is 9.47 Å². The molecule has 34 heavy (non-hydrogen) atoms. The molecule has 1 unspecified atom stereocenters. The van der Waals surface area contributed by atoms with Gasteiger partial charge in [-0.1, -0.05) is 31.9 Å². The highest BCUT2D eigenvalue weighted by Crippen LogP contribution is 2.44. The zero-order valence-electron chi connectivity index (χ0n) is 20.1. The van der Waals surface area contributed by atoms with Gasteiger partial charge >= 0.3 is 0 Å². The van der Waals surface area contributed by atoms with Gasteiger partial charge in [0.05, 0.1) is 24.3 Å². The summed E-state index contributed by atoms with van der Waals surface area (Å²) in [5.74, 6) is 0.00955. The van der Waals surface area contributed by atoms with Crippen LogP contribution < -0.4 is 9.47 Å². The van der Waals surface area contributed by atoms with Crippen LogP contribution in [0.25, 0.3) is 5.76 Å². The lowest BCUT2D eigenvalue weighted by Gasteiger charge is -2.31. The first-order chi connectivity index (χ1) is 16.4. The normalized spacial score (nSPS) is 20.4. The molecule has 180 valence electrons. The minimum absolute atomic E-state index is 0.00937. The molecule has 1 heterocycles. The first kappa shape index (κ1) is 23.9. The van der Waals surface area contributed by atoms with Crippen LogP contribution >= 0.6 is 0 Å². The standard InChI is InChI=1S/C28H33NO5/c1-4-16-33-22-14-12-19(13-15-22)26(30)24-25(20-8-7-11-23(17-20)34-18(2)3)29(28(32)27(24)31)21-9-5-6-10-21/h7-8,11-15,17-18,21,25,30H,4-6,9-10,16H2,1-3H3/b26-24-. The number of aliphatic hydroxyl groups excluding tert-OH is 1. The molecule has 0 aromatic heterocycles. The molecule has 4 rings (SSSR count). The molecule has 1 aliphatic carbocycles. The van der Waals surface area contributed by atoms with Crippen molar-refractivity contribution in [1.29, 1.82) is 0 Å². The average Bonchev–Trinajstić information content (AvgIpc) is 3.44. The van der Waals surface area contributed by atoms with E-state index in [-0.39, 0.29) is 23.5 Å². The van der Waals surface area contributed by atoms with Crippen molar-refractivity contribution in [2.75, 3.05) is 6.61 Å². The molecular weight excluding hydrogens is 430 g/mol. The van der Waals surface area contributed by atoms with Gasteiger partial charge in [0.1, 0.15) is 17.3 Å². The lowest BCUT2D eigenvalue weighted by atomic mass is 9.94. The van der Waals surface area contributed by atoms with Crippen LogP contribution in [0.15, 0.2) is 54.1 Å². The Labute approximate surface area is 201 Å². The third-order valence-corrected chi connectivity index (χ3v) is 6.34. The Morgan fingerprint density at radius 3 is 2.41 bits per heavy atom. The maximum Gasteiger partial charge on any atom is 0.295 e. The number of hydrogen-bond donors (Lipinski definition) is 1. The fourth-order valence-electron chi connectivity index (χ4n) is 4.85. The number of aliphatic hydroxyl groups is 1. The summed E-state index contributed by atoms with van der Waals surface area (Å²) < 4.78 is 11.5. The number of carbonyl (C=O) groups is 2. The summed E-state index contributed by atoms with van der Waals surface area (Å²) in [7, 11) is 0. The van der Waals surface area contributed by atoms with Gasteiger partial charge in [-0.05, 0) is 75.1 Å². The number of amides is 1. The third kappa shape index (κ3) is 4.81. The van der Waals surface area contributed by atoms with Gasteiger partial charge in [-0.25, -0.2) is 0 Å². The Hall–Kier alpha value is -3.28. The SMILES string of the molecule is CCCOc1ccc(/C(O)=C2/C(=O)C(=O)N(C3CCCC3)C2c2cccc(OC(C)C)c2)cc1. The Balaban J connectivity index is 1.79. The molecular formula is C28H33NO5. The van der Waals surface area contributed by atoms with Gasteiger partial charge in [-0.15, -0.1) is 0 Å². The molecule has 2 aromatic carbocycles. The highest BCUT2D eigenvalue weighted by Gasteiger charge is 2.49. The zero-order valence-corrected chi connectivity index (χ0v) is 20.1. The number of nitrogens with zero attached hydrogens (tertiary/aromatic N) is 1. The van der Waals surface area contributed by atoms with Crippen LogP contribution in [0.3, 0.4) is 0 Å². The summed E-state index contributed by atoms with van der Waals surface area (Å²) in [6.07, 6.45) is 4.65. The number of rotatable bonds is 8. The Morgan fingerprint density at radius 2 is 1.76 bits per heavy atom. The highest BCUT2D eigenvalue weighted by molar-refractivity contribution is 6.46. The molecule has 6 heteroatoms. The maximum atomic E-state index is 13.3. The summed E-state index contributed by atoms with van der Waals surface area (Å²) in [5.41, 5.74) is 1.36. The van der Waals surface area contributed by atoms with Crippen LogP contribution in [0, 0.1) is 0 Å². The van der Waals surface area contributed by atoms with Crippen molar-refractivity contribution < 1.29 is 24.2 Å². The minimum atomic E-state index is -0.658. The van der Waals surface area contributed by atoms with Gasteiger partial charge in [0, 0.05) is 11.6 Å². The van der Waals surface area contributed by atoms with Crippen LogP contribution in [0.4, 0.5) is 0 Å². The van der Waals surface area contributed by atoms with Crippen LogP contribution in [-0.4, -0.2) is 40.4 Å². The number of Topliss-reactive ketones (excluding diaryl/α,β-unsaturated/α-hetero) is 1. The number of ketones is 1. The Bertz CT molecular complexity index is 1070. The molecule has 1 atom stereocenters. The largest absolute Gasteiger partial charge is 0.507 e. The number of hydrogen-bond acceptors (Lipinski definition) is 5. The smallest absolute Gasteiger partial charge is 0.295 e. The summed E-state index contributed by atoms with van der Waals surface area (Å²) in [6, 6.07) is 13.8. The topological polar surface area (TPSA) is 76.1 Å². The molecule has 0 radical (unpaired) electrons. The third-order valence-electron chi connectivity index (χ3n) is 6.34. The van der Waals surface area contributed by atoms with Crippen LogP contribution in [-0.2, 0) is 9.59 Å². The van der Waals surface area contributed by atoms with E-state index >= 15 is 0 Å². The predicted molar refractivity (Wildman–Crippen MR) is 131 cm³/mol. The predicted octanol–water partition coefficient (Wildman–Crippen LogP) is 5.63. The molecule has 1 aliphatic heterocycles. The van der Waals surface area contributed by atoms with E-state index in [0.717, 1.165) is 37.7 Å². The number of carbonyl (C=O) groups excluding carboxylic acids is 2. The van der Waals surface area contributed by atoms with Gasteiger partial charge in [-0.2, -0.15) is 0 Å². The molecule has 2 aromatic rings. The van der Waals surface area contributed by atoms with Crippen molar-refractivity contribution in [3.8, 4) is 11.5 Å². The summed E-state index contributed by atoms with van der Waals surface area (Å²) in [4.78, 5) is 28.2. The first-order valence-electron chi connectivity index (χ1n) is 12.2. The van der Waals surface area contributed by atoms with Gasteiger partial charge in [0.15, 0.2) is 0 Å². The van der Waals surface area contributed by atoms with Gasteiger partial charge in [-0.3, -0.25) is 9.59 Å². The number of likely N-dealkylation sites (tertiary alicyclic amines) is 1. The van der Waals surface area contributed by atoms with Gasteiger partial charge in [0.2, 0.25) is 0 Å². The summed E-state index contributed by atoms with van der Waals surface area (Å²) >= 11 is 0. The molecule has 2 aliphatic rings. The van der Waals surface area contributed by atoms with E-state index in [9.17, 15) is 14.7 Å². The van der Waals surface area contributed by atoms with E-state index in [1.807, 2.05) is 45.0 Å². The molecule has 1 amide bonds. The molecule has 6 nitrogen and oxygen atoms in total. The van der Waals surface area contributed by atoms with Crippen LogP contribution in [0.2, 0.25) is 0 Å². The average molecular weight is 464 g/mol. The van der Waals surface area contributed by atoms with E-state index in [1.165, 1.54) is 0 Å². The Morgan fingerprint density at radius 1 is 1.06 bits per heavy atom. The monoisotopic (exact) mass is 463 g/mol. The Kier molecular flexibility index (Phi) is 7.25. The molecule has 1 N–H and O–H groups in total. The fourth-order valence-corrected chi connectivity index (χ4v) is 4.85. The van der Waals surface area contributed by atoms with Gasteiger partial charge in [0.25, 0.3) is 11.7 Å². The van der Waals surface area contributed by atoms with Crippen molar-refractivity contribution in [2.45, 2.75) is 71.1 Å². The summed E-state index contributed by atoms with van der Waals surface area (Å²) in [6.45, 7) is 6.54. The lowest BCUT2D eigenvalue weighted by Crippen LogP contribution is -2.37. The molecule has 0 spiro atoms. The molecule has 0 bridgehead atoms.